The molecule has 0 amide bonds. The van der Waals surface area contributed by atoms with Crippen LogP contribution < -0.4 is 0 Å². The summed E-state index contributed by atoms with van der Waals surface area (Å²) in [6.45, 7) is 0. The summed E-state index contributed by atoms with van der Waals surface area (Å²) in [7, 11) is 0. The lowest BCUT2D eigenvalue weighted by Gasteiger charge is -2.16. The van der Waals surface area contributed by atoms with Gasteiger partial charge in [-0.1, -0.05) is 36.4 Å². The molecular weight excluding hydrogens is 566 g/mol. The Balaban J connectivity index is 1.54. The van der Waals surface area contributed by atoms with Crippen molar-refractivity contribution in [3.05, 3.63) is 138 Å². The van der Waals surface area contributed by atoms with Crippen molar-refractivity contribution in [2.24, 2.45) is 0 Å². The van der Waals surface area contributed by atoms with E-state index in [0.717, 1.165) is 55.0 Å². The lowest BCUT2D eigenvalue weighted by Crippen LogP contribution is -2.01. The smallest absolute Gasteiger partial charge is 0.101 e. The van der Waals surface area contributed by atoms with Gasteiger partial charge in [-0.25, -0.2) is 0 Å². The summed E-state index contributed by atoms with van der Waals surface area (Å²) in [6.07, 6.45) is 2.96. The number of nitriles is 4. The number of rotatable bonds is 3. The number of hydrogen-bond acceptors (Lipinski definition) is 5. The van der Waals surface area contributed by atoms with Crippen LogP contribution in [0.25, 0.3) is 66.1 Å². The van der Waals surface area contributed by atoms with Gasteiger partial charge in [0.1, 0.15) is 12.1 Å². The van der Waals surface area contributed by atoms with E-state index in [9.17, 15) is 21.0 Å². The zero-order valence-electron chi connectivity index (χ0n) is 24.1. The first-order chi connectivity index (χ1) is 22.6. The Kier molecular flexibility index (Phi) is 5.87. The van der Waals surface area contributed by atoms with Crippen molar-refractivity contribution in [2.45, 2.75) is 0 Å². The molecule has 0 unspecified atom stereocenters. The summed E-state index contributed by atoms with van der Waals surface area (Å²) in [4.78, 5) is 4.15. The van der Waals surface area contributed by atoms with Crippen LogP contribution in [0.4, 0.5) is 0 Å². The van der Waals surface area contributed by atoms with Crippen LogP contribution in [0, 0.1) is 45.3 Å². The highest BCUT2D eigenvalue weighted by Crippen LogP contribution is 2.39. The molecule has 0 aliphatic rings. The molecule has 0 saturated carbocycles. The van der Waals surface area contributed by atoms with E-state index in [2.05, 4.69) is 44.5 Å². The minimum atomic E-state index is 0.295. The highest BCUT2D eigenvalue weighted by atomic mass is 15.0. The van der Waals surface area contributed by atoms with Crippen LogP contribution in [0.1, 0.15) is 22.3 Å². The van der Waals surface area contributed by atoms with E-state index in [1.54, 1.807) is 0 Å². The molecule has 8 rings (SSSR count). The van der Waals surface area contributed by atoms with Gasteiger partial charge < -0.3 is 9.13 Å². The van der Waals surface area contributed by atoms with Crippen LogP contribution in [0.3, 0.4) is 0 Å². The molecule has 5 aromatic carbocycles. The zero-order chi connectivity index (χ0) is 31.4. The first-order valence-electron chi connectivity index (χ1n) is 14.4. The van der Waals surface area contributed by atoms with Crippen molar-refractivity contribution in [3.8, 4) is 46.8 Å². The number of aromatic nitrogens is 3. The maximum absolute atomic E-state index is 10.1. The molecule has 7 heteroatoms. The zero-order valence-corrected chi connectivity index (χ0v) is 24.1. The minimum absolute atomic E-state index is 0.295. The highest BCUT2D eigenvalue weighted by Gasteiger charge is 2.20. The highest BCUT2D eigenvalue weighted by molar-refractivity contribution is 6.11. The summed E-state index contributed by atoms with van der Waals surface area (Å²) in [5, 5.41) is 43.4. The largest absolute Gasteiger partial charge is 0.309 e. The van der Waals surface area contributed by atoms with Crippen LogP contribution >= 0.6 is 0 Å². The lowest BCUT2D eigenvalue weighted by molar-refractivity contribution is 1.13. The van der Waals surface area contributed by atoms with Crippen LogP contribution in [0.15, 0.2) is 116 Å². The summed E-state index contributed by atoms with van der Waals surface area (Å²) in [5.74, 6) is 0. The van der Waals surface area contributed by atoms with Crippen LogP contribution in [0.5, 0.6) is 0 Å². The summed E-state index contributed by atoms with van der Waals surface area (Å²) < 4.78 is 4.31. The van der Waals surface area contributed by atoms with Crippen molar-refractivity contribution in [1.82, 2.24) is 14.1 Å². The first kappa shape index (κ1) is 26.4. The number of para-hydroxylation sites is 2. The third-order valence-electron chi connectivity index (χ3n) is 8.50. The third-order valence-corrected chi connectivity index (χ3v) is 8.50. The van der Waals surface area contributed by atoms with Crippen LogP contribution in [-0.4, -0.2) is 14.1 Å². The van der Waals surface area contributed by atoms with Crippen molar-refractivity contribution in [2.75, 3.05) is 0 Å². The molecule has 3 heterocycles. The fourth-order valence-corrected chi connectivity index (χ4v) is 6.58. The van der Waals surface area contributed by atoms with Crippen LogP contribution in [0.2, 0.25) is 0 Å². The normalized spacial score (nSPS) is 11.0. The molecule has 0 aliphatic heterocycles. The molecule has 0 aliphatic carbocycles. The Morgan fingerprint density at radius 2 is 0.913 bits per heavy atom. The van der Waals surface area contributed by atoms with Crippen molar-refractivity contribution in [1.29, 1.82) is 21.0 Å². The molecule has 0 radical (unpaired) electrons. The monoisotopic (exact) mass is 585 g/mol. The van der Waals surface area contributed by atoms with Crippen molar-refractivity contribution in [3.63, 3.8) is 0 Å². The van der Waals surface area contributed by atoms with E-state index in [-0.39, 0.29) is 0 Å². The first-order valence-corrected chi connectivity index (χ1v) is 14.4. The lowest BCUT2D eigenvalue weighted by atomic mass is 9.96. The third kappa shape index (κ3) is 3.84. The fourth-order valence-electron chi connectivity index (χ4n) is 6.58. The predicted molar refractivity (Wildman–Crippen MR) is 177 cm³/mol. The molecule has 210 valence electrons. The topological polar surface area (TPSA) is 118 Å². The number of benzene rings is 5. The molecule has 0 saturated heterocycles. The number of nitrogens with zero attached hydrogens (tertiary/aromatic N) is 7. The van der Waals surface area contributed by atoms with E-state index in [1.807, 2.05) is 97.1 Å². The van der Waals surface area contributed by atoms with E-state index < -0.39 is 0 Å². The van der Waals surface area contributed by atoms with Crippen molar-refractivity contribution >= 4 is 43.6 Å². The predicted octanol–water partition coefficient (Wildman–Crippen LogP) is 8.43. The average molecular weight is 586 g/mol. The summed E-state index contributed by atoms with van der Waals surface area (Å²) in [6, 6.07) is 42.5. The molecule has 3 aromatic heterocycles. The Labute approximate surface area is 262 Å². The van der Waals surface area contributed by atoms with Crippen molar-refractivity contribution < 1.29 is 0 Å². The van der Waals surface area contributed by atoms with Gasteiger partial charge >= 0.3 is 0 Å². The molecule has 0 fully saturated rings. The Morgan fingerprint density at radius 3 is 1.37 bits per heavy atom. The Morgan fingerprint density at radius 1 is 0.457 bits per heavy atom. The van der Waals surface area contributed by atoms with E-state index >= 15 is 0 Å². The second-order valence-electron chi connectivity index (χ2n) is 11.0. The van der Waals surface area contributed by atoms with Gasteiger partial charge in [-0.2, -0.15) is 21.0 Å². The molecule has 0 N–H and O–H groups in total. The van der Waals surface area contributed by atoms with Gasteiger partial charge in [-0.15, -0.1) is 0 Å². The maximum atomic E-state index is 10.1. The molecule has 0 bridgehead atoms. The van der Waals surface area contributed by atoms with Crippen LogP contribution in [-0.2, 0) is 0 Å². The molecule has 46 heavy (non-hydrogen) atoms. The number of hydrogen-bond donors (Lipinski definition) is 0. The molecule has 8 aromatic rings. The molecular formula is C39H19N7. The van der Waals surface area contributed by atoms with Gasteiger partial charge in [0.15, 0.2) is 0 Å². The quantitative estimate of drug-likeness (QED) is 0.206. The number of fused-ring (bicyclic) bond motifs is 6. The maximum Gasteiger partial charge on any atom is 0.101 e. The molecule has 0 spiro atoms. The van der Waals surface area contributed by atoms with E-state index in [0.29, 0.717) is 33.4 Å². The Hall–Kier alpha value is -7.19. The van der Waals surface area contributed by atoms with Gasteiger partial charge in [0.2, 0.25) is 0 Å². The standard InChI is InChI=1S/C39H19N7/c40-18-24-9-11-37-33(13-24)31-5-1-3-7-35(31)45(37)29-15-26(39-27(20-42)22-44-23-28(39)21-43)16-30(17-29)46-36-8-4-2-6-32(36)34-14-25(19-41)10-12-38(34)46/h1-17,22-23H. The Bertz CT molecular complexity index is 2570. The number of pyridine rings is 1. The summed E-state index contributed by atoms with van der Waals surface area (Å²) >= 11 is 0. The van der Waals surface area contributed by atoms with Gasteiger partial charge in [-0.3, -0.25) is 4.98 Å². The summed E-state index contributed by atoms with van der Waals surface area (Å²) in [5.41, 5.74) is 8.28. The van der Waals surface area contributed by atoms with E-state index in [1.165, 1.54) is 12.4 Å². The van der Waals surface area contributed by atoms with Gasteiger partial charge in [0, 0.05) is 50.9 Å². The minimum Gasteiger partial charge on any atom is -0.309 e. The average Bonchev–Trinajstić information content (AvgIpc) is 3.63. The van der Waals surface area contributed by atoms with Gasteiger partial charge in [-0.05, 0) is 72.3 Å². The fraction of sp³-hybridized carbons (Fsp3) is 0. The van der Waals surface area contributed by atoms with E-state index in [4.69, 9.17) is 0 Å². The molecule has 7 nitrogen and oxygen atoms in total. The SMILES string of the molecule is N#Cc1ccc2c(c1)c1ccccc1n2-c1cc(-c2c(C#N)cncc2C#N)cc(-n2c3ccccc3c3cc(C#N)ccc32)c1. The second-order valence-corrected chi connectivity index (χ2v) is 11.0. The van der Waals surface area contributed by atoms with Gasteiger partial charge in [0.25, 0.3) is 0 Å². The second kappa shape index (κ2) is 10.2. The van der Waals surface area contributed by atoms with Gasteiger partial charge in [0.05, 0.1) is 56.5 Å². The molecule has 0 atom stereocenters.